The zero-order chi connectivity index (χ0) is 51.8. The molecule has 0 radical (unpaired) electrons. The molecule has 0 amide bonds. The van der Waals surface area contributed by atoms with Crippen LogP contribution in [0.3, 0.4) is 0 Å². The molecule has 0 bridgehead atoms. The molecule has 8 heteroatoms. The van der Waals surface area contributed by atoms with Gasteiger partial charge in [0.15, 0.2) is 0 Å². The third-order valence-corrected chi connectivity index (χ3v) is 16.2. The second-order valence-corrected chi connectivity index (χ2v) is 21.0. The lowest BCUT2D eigenvalue weighted by atomic mass is 10.0. The lowest BCUT2D eigenvalue weighted by Gasteiger charge is -2.28. The third kappa shape index (κ3) is 10.1. The summed E-state index contributed by atoms with van der Waals surface area (Å²) in [6, 6.07) is 104. The molecule has 368 valence electrons. The van der Waals surface area contributed by atoms with Crippen LogP contribution < -0.4 is 31.0 Å². The number of nitrogens with zero attached hydrogens (tertiary/aromatic N) is 6. The molecule has 0 aliphatic rings. The Hall–Kier alpha value is -9.94. The summed E-state index contributed by atoms with van der Waals surface area (Å²) in [7, 11) is -4.11. The second-order valence-electron chi connectivity index (χ2n) is 18.4. The SMILES string of the molecule is O=P(c1cccc(N(c2ccccc2)c2cccc(-c3ccccc3)c2)n1)(c1cccc(N(c2ccccc2)c2cccc(-c3ccccc3)c2)n1)c1cccc(N(c2ccccc2)c2cccc(-c3ccccc3)c2)n1. The highest BCUT2D eigenvalue weighted by Crippen LogP contribution is 2.45. The van der Waals surface area contributed by atoms with Crippen molar-refractivity contribution in [2.24, 2.45) is 0 Å². The van der Waals surface area contributed by atoms with E-state index >= 15 is 4.57 Å². The quantitative estimate of drug-likeness (QED) is 0.0948. The summed E-state index contributed by atoms with van der Waals surface area (Å²) in [5.74, 6) is 1.75. The van der Waals surface area contributed by atoms with Crippen molar-refractivity contribution in [1.82, 2.24) is 15.0 Å². The van der Waals surface area contributed by atoms with Crippen LogP contribution in [0.4, 0.5) is 51.6 Å². The molecule has 0 atom stereocenters. The molecule has 0 fully saturated rings. The van der Waals surface area contributed by atoms with Crippen molar-refractivity contribution in [1.29, 1.82) is 0 Å². The Morgan fingerprint density at radius 1 is 0.221 bits per heavy atom. The van der Waals surface area contributed by atoms with Gasteiger partial charge in [-0.1, -0.05) is 200 Å². The van der Waals surface area contributed by atoms with Gasteiger partial charge in [-0.3, -0.25) is 14.7 Å². The largest absolute Gasteiger partial charge is 0.304 e. The van der Waals surface area contributed by atoms with E-state index < -0.39 is 7.14 Å². The first-order valence-corrected chi connectivity index (χ1v) is 27.3. The first-order chi connectivity index (χ1) is 38.1. The number of hydrogen-bond acceptors (Lipinski definition) is 7. The third-order valence-electron chi connectivity index (χ3n) is 13.5. The molecular weight excluding hydrogens is 960 g/mol. The highest BCUT2D eigenvalue weighted by atomic mass is 31.2. The average Bonchev–Trinajstić information content (AvgIpc) is 3.55. The zero-order valence-electron chi connectivity index (χ0n) is 42.0. The molecule has 0 aliphatic heterocycles. The molecule has 0 spiro atoms. The van der Waals surface area contributed by atoms with E-state index in [0.29, 0.717) is 33.8 Å². The summed E-state index contributed by atoms with van der Waals surface area (Å²) in [6.07, 6.45) is 0. The van der Waals surface area contributed by atoms with E-state index in [1.54, 1.807) is 0 Å². The highest BCUT2D eigenvalue weighted by molar-refractivity contribution is 7.84. The van der Waals surface area contributed by atoms with E-state index in [1.807, 2.05) is 164 Å². The van der Waals surface area contributed by atoms with E-state index in [0.717, 1.165) is 67.5 Å². The minimum atomic E-state index is -4.11. The summed E-state index contributed by atoms with van der Waals surface area (Å²) >= 11 is 0. The van der Waals surface area contributed by atoms with Crippen LogP contribution >= 0.6 is 7.14 Å². The van der Waals surface area contributed by atoms with Crippen molar-refractivity contribution in [3.05, 3.63) is 309 Å². The maximum atomic E-state index is 17.4. The predicted molar refractivity (Wildman–Crippen MR) is 320 cm³/mol. The Kier molecular flexibility index (Phi) is 13.6. The predicted octanol–water partition coefficient (Wildman–Crippen LogP) is 16.9. The summed E-state index contributed by atoms with van der Waals surface area (Å²) < 4.78 is 17.4. The van der Waals surface area contributed by atoms with E-state index in [9.17, 15) is 0 Å². The molecule has 3 heterocycles. The number of benzene rings is 9. The van der Waals surface area contributed by atoms with E-state index in [1.165, 1.54) is 0 Å². The molecule has 12 rings (SSSR count). The number of anilines is 9. The Balaban J connectivity index is 1.06. The fraction of sp³-hybridized carbons (Fsp3) is 0. The number of hydrogen-bond donors (Lipinski definition) is 0. The van der Waals surface area contributed by atoms with Crippen LogP contribution in [0.2, 0.25) is 0 Å². The van der Waals surface area contributed by atoms with Gasteiger partial charge in [0.2, 0.25) is 7.14 Å². The van der Waals surface area contributed by atoms with Gasteiger partial charge in [0.1, 0.15) is 33.8 Å². The lowest BCUT2D eigenvalue weighted by molar-refractivity contribution is 0.591. The van der Waals surface area contributed by atoms with Crippen LogP contribution in [0.1, 0.15) is 0 Å². The van der Waals surface area contributed by atoms with Crippen LogP contribution in [0.15, 0.2) is 309 Å². The molecule has 9 aromatic carbocycles. The van der Waals surface area contributed by atoms with Gasteiger partial charge < -0.3 is 4.57 Å². The molecule has 0 unspecified atom stereocenters. The minimum absolute atomic E-state index is 0.333. The van der Waals surface area contributed by atoms with Gasteiger partial charge >= 0.3 is 0 Å². The highest BCUT2D eigenvalue weighted by Gasteiger charge is 2.37. The normalized spacial score (nSPS) is 11.2. The molecule has 0 saturated carbocycles. The second kappa shape index (κ2) is 21.9. The topological polar surface area (TPSA) is 65.5 Å². The first kappa shape index (κ1) is 48.0. The van der Waals surface area contributed by atoms with E-state index in [2.05, 4.69) is 160 Å². The Labute approximate surface area is 449 Å². The van der Waals surface area contributed by atoms with Gasteiger partial charge in [0.25, 0.3) is 0 Å². The van der Waals surface area contributed by atoms with Crippen LogP contribution in [-0.4, -0.2) is 15.0 Å². The Morgan fingerprint density at radius 2 is 0.442 bits per heavy atom. The molecule has 12 aromatic rings. The van der Waals surface area contributed by atoms with Gasteiger partial charge in [0.05, 0.1) is 0 Å². The number of rotatable bonds is 15. The standard InChI is InChI=1S/C69H51N6OP/c76-77(67-46-22-43-64(70-67)73(58-34-13-4-14-35-58)61-40-19-31-55(49-61)52-25-7-1-8-26-52,68-47-23-44-65(71-68)74(59-36-15-5-16-37-59)62-41-20-32-56(50-62)53-27-9-2-10-28-53)69-48-24-45-66(72-69)75(60-38-17-6-18-39-60)63-42-21-33-57(51-63)54-29-11-3-12-30-54/h1-51H. The van der Waals surface area contributed by atoms with Crippen LogP contribution in [0, 0.1) is 0 Å². The van der Waals surface area contributed by atoms with E-state index in [4.69, 9.17) is 15.0 Å². The fourth-order valence-electron chi connectivity index (χ4n) is 9.83. The van der Waals surface area contributed by atoms with Crippen LogP contribution in [0.5, 0.6) is 0 Å². The van der Waals surface area contributed by atoms with Gasteiger partial charge in [-0.05, 0) is 143 Å². The molecular formula is C69H51N6OP. The lowest BCUT2D eigenvalue weighted by Crippen LogP contribution is -2.32. The zero-order valence-corrected chi connectivity index (χ0v) is 42.9. The van der Waals surface area contributed by atoms with Gasteiger partial charge in [-0.25, -0.2) is 15.0 Å². The van der Waals surface area contributed by atoms with Crippen molar-refractivity contribution in [2.75, 3.05) is 14.7 Å². The van der Waals surface area contributed by atoms with Gasteiger partial charge in [0, 0.05) is 34.1 Å². The molecule has 77 heavy (non-hydrogen) atoms. The number of aromatic nitrogens is 3. The van der Waals surface area contributed by atoms with Gasteiger partial charge in [-0.2, -0.15) is 0 Å². The number of pyridine rings is 3. The molecule has 0 aliphatic carbocycles. The monoisotopic (exact) mass is 1010 g/mol. The van der Waals surface area contributed by atoms with Crippen LogP contribution in [-0.2, 0) is 4.57 Å². The average molecular weight is 1010 g/mol. The number of para-hydroxylation sites is 3. The van der Waals surface area contributed by atoms with Crippen molar-refractivity contribution in [3.8, 4) is 33.4 Å². The molecule has 3 aromatic heterocycles. The van der Waals surface area contributed by atoms with E-state index in [-0.39, 0.29) is 0 Å². The summed E-state index contributed by atoms with van der Waals surface area (Å²) in [6.45, 7) is 0. The maximum Gasteiger partial charge on any atom is 0.223 e. The first-order valence-electron chi connectivity index (χ1n) is 25.6. The van der Waals surface area contributed by atoms with Gasteiger partial charge in [-0.15, -0.1) is 0 Å². The van der Waals surface area contributed by atoms with Crippen molar-refractivity contribution in [2.45, 2.75) is 0 Å². The van der Waals surface area contributed by atoms with Crippen LogP contribution in [0.25, 0.3) is 33.4 Å². The molecule has 0 saturated heterocycles. The minimum Gasteiger partial charge on any atom is -0.304 e. The Bertz CT molecular complexity index is 3570. The van der Waals surface area contributed by atoms with Crippen molar-refractivity contribution < 1.29 is 4.57 Å². The summed E-state index contributed by atoms with van der Waals surface area (Å²) in [4.78, 5) is 22.8. The molecule has 0 N–H and O–H groups in total. The fourth-order valence-corrected chi connectivity index (χ4v) is 12.1. The van der Waals surface area contributed by atoms with Crippen molar-refractivity contribution >= 4 is 75.0 Å². The summed E-state index contributed by atoms with van der Waals surface area (Å²) in [5, 5.41) is 0. The summed E-state index contributed by atoms with van der Waals surface area (Å²) in [5.41, 5.74) is 12.8. The van der Waals surface area contributed by atoms with Crippen molar-refractivity contribution in [3.63, 3.8) is 0 Å². The maximum absolute atomic E-state index is 17.4. The smallest absolute Gasteiger partial charge is 0.223 e. The molecule has 7 nitrogen and oxygen atoms in total. The Morgan fingerprint density at radius 3 is 0.714 bits per heavy atom.